The number of aryl methyl sites for hydroxylation is 3. The van der Waals surface area contributed by atoms with Gasteiger partial charge in [0.05, 0.1) is 0 Å². The summed E-state index contributed by atoms with van der Waals surface area (Å²) in [6.45, 7) is 8.60. The molecule has 0 spiro atoms. The molecule has 2 nitrogen and oxygen atoms in total. The zero-order valence-electron chi connectivity index (χ0n) is 22.6. The van der Waals surface area contributed by atoms with Gasteiger partial charge >= 0.3 is 0 Å². The lowest BCUT2D eigenvalue weighted by molar-refractivity contribution is 0.553. The van der Waals surface area contributed by atoms with Crippen molar-refractivity contribution in [1.82, 2.24) is 9.97 Å². The molecule has 0 amide bonds. The summed E-state index contributed by atoms with van der Waals surface area (Å²) in [4.78, 5) is 9.69. The largest absolute Gasteiger partial charge is 0.238 e. The first-order chi connectivity index (χ1) is 16.3. The molecule has 0 saturated carbocycles. The molecule has 1 heterocycles. The van der Waals surface area contributed by atoms with Crippen molar-refractivity contribution >= 4 is 0 Å². The summed E-state index contributed by atoms with van der Waals surface area (Å²) in [6.07, 6.45) is 31.8. The summed E-state index contributed by atoms with van der Waals surface area (Å²) in [5, 5.41) is 0. The summed E-state index contributed by atoms with van der Waals surface area (Å²) < 4.78 is 0. The average Bonchev–Trinajstić information content (AvgIpc) is 2.81. The van der Waals surface area contributed by atoms with Gasteiger partial charge in [-0.3, -0.25) is 0 Å². The van der Waals surface area contributed by atoms with Crippen molar-refractivity contribution < 1.29 is 0 Å². The van der Waals surface area contributed by atoms with Crippen LogP contribution in [0, 0.1) is 6.92 Å². The second-order valence-corrected chi connectivity index (χ2v) is 10.2. The number of hydrogen-bond donors (Lipinski definition) is 0. The quantitative estimate of drug-likeness (QED) is 0.144. The molecular formula is C31H57N2. The van der Waals surface area contributed by atoms with Crippen LogP contribution in [0.5, 0.6) is 0 Å². The minimum absolute atomic E-state index is 0.888. The van der Waals surface area contributed by atoms with E-state index in [1.807, 2.05) is 0 Å². The van der Waals surface area contributed by atoms with Crippen molar-refractivity contribution in [3.05, 3.63) is 30.2 Å². The van der Waals surface area contributed by atoms with Gasteiger partial charge in [-0.1, -0.05) is 136 Å². The second kappa shape index (κ2) is 22.9. The van der Waals surface area contributed by atoms with Gasteiger partial charge in [-0.2, -0.15) is 0 Å². The van der Waals surface area contributed by atoms with E-state index in [1.165, 1.54) is 140 Å². The van der Waals surface area contributed by atoms with Crippen molar-refractivity contribution in [2.45, 2.75) is 168 Å². The molecule has 1 rings (SSSR count). The van der Waals surface area contributed by atoms with Crippen LogP contribution in [0.25, 0.3) is 0 Å². The highest BCUT2D eigenvalue weighted by atomic mass is 14.9. The van der Waals surface area contributed by atoms with Gasteiger partial charge < -0.3 is 0 Å². The van der Waals surface area contributed by atoms with Crippen LogP contribution >= 0.6 is 0 Å². The zero-order valence-corrected chi connectivity index (χ0v) is 22.6. The van der Waals surface area contributed by atoms with Crippen LogP contribution in [0.15, 0.2) is 6.07 Å². The first-order valence-corrected chi connectivity index (χ1v) is 14.9. The van der Waals surface area contributed by atoms with E-state index < -0.39 is 0 Å². The third kappa shape index (κ3) is 18.1. The Morgan fingerprint density at radius 1 is 0.485 bits per heavy atom. The Bertz CT molecular complexity index is 497. The van der Waals surface area contributed by atoms with Gasteiger partial charge in [0.1, 0.15) is 5.82 Å². The Labute approximate surface area is 208 Å². The van der Waals surface area contributed by atoms with Crippen molar-refractivity contribution in [2.75, 3.05) is 0 Å². The Hall–Kier alpha value is -0.920. The Morgan fingerprint density at radius 2 is 0.818 bits per heavy atom. The van der Waals surface area contributed by atoms with E-state index in [0.717, 1.165) is 31.5 Å². The van der Waals surface area contributed by atoms with Crippen LogP contribution in [0.4, 0.5) is 0 Å². The minimum atomic E-state index is 0.888. The maximum absolute atomic E-state index is 4.85. The molecule has 0 aliphatic carbocycles. The van der Waals surface area contributed by atoms with Crippen LogP contribution in [0.3, 0.4) is 0 Å². The Morgan fingerprint density at radius 3 is 1.15 bits per heavy atom. The fourth-order valence-corrected chi connectivity index (χ4v) is 4.73. The first-order valence-electron chi connectivity index (χ1n) is 14.9. The van der Waals surface area contributed by atoms with Crippen molar-refractivity contribution in [2.24, 2.45) is 0 Å². The molecule has 1 aromatic rings. The lowest BCUT2D eigenvalue weighted by Gasteiger charge is -2.08. The molecule has 0 aliphatic heterocycles. The highest BCUT2D eigenvalue weighted by Gasteiger charge is 2.05. The molecule has 33 heavy (non-hydrogen) atoms. The molecule has 0 saturated heterocycles. The molecule has 0 unspecified atom stereocenters. The summed E-state index contributed by atoms with van der Waals surface area (Å²) in [5.74, 6) is 1.02. The number of aromatic nitrogens is 2. The van der Waals surface area contributed by atoms with Crippen LogP contribution in [-0.4, -0.2) is 9.97 Å². The van der Waals surface area contributed by atoms with E-state index in [4.69, 9.17) is 9.97 Å². The third-order valence-corrected chi connectivity index (χ3v) is 6.85. The van der Waals surface area contributed by atoms with Gasteiger partial charge in [-0.05, 0) is 38.2 Å². The van der Waals surface area contributed by atoms with Gasteiger partial charge in [0.25, 0.3) is 0 Å². The molecule has 0 fully saturated rings. The SMILES string of the molecule is [CH2]CCc1nc(CCCCCCCCCCCC)cc(CCCCCCCCCCCC)n1. The van der Waals surface area contributed by atoms with Crippen LogP contribution < -0.4 is 0 Å². The molecule has 1 radical (unpaired) electrons. The van der Waals surface area contributed by atoms with Gasteiger partial charge in [-0.25, -0.2) is 9.97 Å². The van der Waals surface area contributed by atoms with Crippen molar-refractivity contribution in [1.29, 1.82) is 0 Å². The fourth-order valence-electron chi connectivity index (χ4n) is 4.73. The number of rotatable bonds is 24. The Balaban J connectivity index is 2.19. The smallest absolute Gasteiger partial charge is 0.128 e. The van der Waals surface area contributed by atoms with Crippen LogP contribution in [0.2, 0.25) is 0 Å². The number of hydrogen-bond acceptors (Lipinski definition) is 2. The topological polar surface area (TPSA) is 25.8 Å². The van der Waals surface area contributed by atoms with Crippen LogP contribution in [0.1, 0.15) is 166 Å². The predicted octanol–water partition coefficient (Wildman–Crippen LogP) is 10.2. The van der Waals surface area contributed by atoms with E-state index in [-0.39, 0.29) is 0 Å². The van der Waals surface area contributed by atoms with E-state index in [9.17, 15) is 0 Å². The van der Waals surface area contributed by atoms with E-state index in [1.54, 1.807) is 0 Å². The normalized spacial score (nSPS) is 11.4. The number of nitrogens with zero attached hydrogens (tertiary/aromatic N) is 2. The van der Waals surface area contributed by atoms with E-state index >= 15 is 0 Å². The van der Waals surface area contributed by atoms with Gasteiger partial charge in [0, 0.05) is 17.8 Å². The van der Waals surface area contributed by atoms with E-state index in [0.29, 0.717) is 0 Å². The minimum Gasteiger partial charge on any atom is -0.238 e. The number of unbranched alkanes of at least 4 members (excludes halogenated alkanes) is 18. The zero-order chi connectivity index (χ0) is 23.8. The maximum atomic E-state index is 4.85. The van der Waals surface area contributed by atoms with Gasteiger partial charge in [-0.15, -0.1) is 0 Å². The third-order valence-electron chi connectivity index (χ3n) is 6.85. The average molecular weight is 458 g/mol. The van der Waals surface area contributed by atoms with Crippen molar-refractivity contribution in [3.8, 4) is 0 Å². The van der Waals surface area contributed by atoms with Crippen LogP contribution in [-0.2, 0) is 19.3 Å². The maximum Gasteiger partial charge on any atom is 0.128 e. The monoisotopic (exact) mass is 457 g/mol. The molecule has 0 aromatic carbocycles. The molecule has 191 valence electrons. The predicted molar refractivity (Wildman–Crippen MR) is 147 cm³/mol. The van der Waals surface area contributed by atoms with Crippen molar-refractivity contribution in [3.63, 3.8) is 0 Å². The molecular weight excluding hydrogens is 400 g/mol. The molecule has 2 heteroatoms. The van der Waals surface area contributed by atoms with Gasteiger partial charge in [0.2, 0.25) is 0 Å². The summed E-state index contributed by atoms with van der Waals surface area (Å²) >= 11 is 0. The molecule has 0 bridgehead atoms. The second-order valence-electron chi connectivity index (χ2n) is 10.2. The molecule has 0 atom stereocenters. The highest BCUT2D eigenvalue weighted by molar-refractivity contribution is 5.12. The first kappa shape index (κ1) is 30.1. The highest BCUT2D eigenvalue weighted by Crippen LogP contribution is 2.15. The van der Waals surface area contributed by atoms with Gasteiger partial charge in [0.15, 0.2) is 0 Å². The summed E-state index contributed by atoms with van der Waals surface area (Å²) in [6, 6.07) is 2.30. The Kier molecular flexibility index (Phi) is 20.9. The molecule has 0 aliphatic rings. The van der Waals surface area contributed by atoms with E-state index in [2.05, 4.69) is 26.8 Å². The lowest BCUT2D eigenvalue weighted by atomic mass is 10.0. The molecule has 0 N–H and O–H groups in total. The fraction of sp³-hybridized carbons (Fsp3) is 0.839. The lowest BCUT2D eigenvalue weighted by Crippen LogP contribution is -2.04. The standard InChI is InChI=1S/C31H57N2/c1-4-7-9-11-13-15-17-19-21-23-26-29-28-30(33-31(32-29)25-6-3)27-24-22-20-18-16-14-12-10-8-5-2/h28H,3-27H2,1-2H3. The summed E-state index contributed by atoms with van der Waals surface area (Å²) in [7, 11) is 0. The summed E-state index contributed by atoms with van der Waals surface area (Å²) in [5.41, 5.74) is 2.55. The molecule has 1 aromatic heterocycles.